The first-order valence-electron chi connectivity index (χ1n) is 5.10. The summed E-state index contributed by atoms with van der Waals surface area (Å²) >= 11 is 0. The van der Waals surface area contributed by atoms with Crippen molar-refractivity contribution in [2.45, 2.75) is 13.8 Å². The van der Waals surface area contributed by atoms with Gasteiger partial charge in [0.2, 0.25) is 0 Å². The van der Waals surface area contributed by atoms with Gasteiger partial charge in [-0.15, -0.1) is 12.4 Å². The molecule has 2 aromatic carbocycles. The molecule has 0 aromatic heterocycles. The Morgan fingerprint density at radius 2 is 1.56 bits per heavy atom. The molecule has 2 N–H and O–H groups in total. The van der Waals surface area contributed by atoms with Crippen LogP contribution >= 0.6 is 12.4 Å². The lowest BCUT2D eigenvalue weighted by atomic mass is 9.98. The summed E-state index contributed by atoms with van der Waals surface area (Å²) in [5.74, 6) is 0. The van der Waals surface area contributed by atoms with Crippen LogP contribution < -0.4 is 5.73 Å². The summed E-state index contributed by atoms with van der Waals surface area (Å²) in [5, 5.41) is 0. The smallest absolute Gasteiger partial charge is 0.0393 e. The lowest BCUT2D eigenvalue weighted by Crippen LogP contribution is -1.91. The van der Waals surface area contributed by atoms with Crippen LogP contribution in [0.1, 0.15) is 11.1 Å². The molecule has 16 heavy (non-hydrogen) atoms. The quantitative estimate of drug-likeness (QED) is 0.741. The van der Waals surface area contributed by atoms with E-state index in [1.165, 1.54) is 16.7 Å². The molecule has 0 aliphatic heterocycles. The van der Waals surface area contributed by atoms with Crippen molar-refractivity contribution in [2.75, 3.05) is 5.73 Å². The van der Waals surface area contributed by atoms with E-state index in [0.29, 0.717) is 0 Å². The first-order chi connectivity index (χ1) is 7.18. The molecule has 84 valence electrons. The fraction of sp³-hybridized carbons (Fsp3) is 0.143. The number of nitrogens with two attached hydrogens (primary N) is 1. The topological polar surface area (TPSA) is 26.0 Å². The van der Waals surface area contributed by atoms with Crippen LogP contribution in [0.2, 0.25) is 0 Å². The third-order valence-electron chi connectivity index (χ3n) is 2.63. The molecule has 0 unspecified atom stereocenters. The molecular formula is C14H16ClN. The van der Waals surface area contributed by atoms with E-state index in [-0.39, 0.29) is 12.4 Å². The van der Waals surface area contributed by atoms with Crippen molar-refractivity contribution in [3.05, 3.63) is 53.6 Å². The van der Waals surface area contributed by atoms with Crippen LogP contribution in [0.25, 0.3) is 11.1 Å². The predicted molar refractivity (Wildman–Crippen MR) is 73.0 cm³/mol. The van der Waals surface area contributed by atoms with Gasteiger partial charge in [0, 0.05) is 11.3 Å². The van der Waals surface area contributed by atoms with Gasteiger partial charge in [-0.3, -0.25) is 0 Å². The SMILES string of the molecule is Cc1ccc(-c2ccccc2N)c(C)c1.Cl. The molecule has 2 rings (SSSR count). The zero-order valence-electron chi connectivity index (χ0n) is 9.53. The van der Waals surface area contributed by atoms with Crippen LogP contribution in [0, 0.1) is 13.8 Å². The average molecular weight is 234 g/mol. The second kappa shape index (κ2) is 5.04. The average Bonchev–Trinajstić information content (AvgIpc) is 2.20. The van der Waals surface area contributed by atoms with Gasteiger partial charge in [0.15, 0.2) is 0 Å². The lowest BCUT2D eigenvalue weighted by Gasteiger charge is -2.09. The van der Waals surface area contributed by atoms with E-state index in [0.717, 1.165) is 11.3 Å². The first kappa shape index (κ1) is 12.6. The monoisotopic (exact) mass is 233 g/mol. The van der Waals surface area contributed by atoms with Crippen molar-refractivity contribution in [1.29, 1.82) is 0 Å². The summed E-state index contributed by atoms with van der Waals surface area (Å²) in [5.41, 5.74) is 11.7. The molecule has 2 aromatic rings. The Morgan fingerprint density at radius 1 is 0.875 bits per heavy atom. The number of hydrogen-bond donors (Lipinski definition) is 1. The highest BCUT2D eigenvalue weighted by Crippen LogP contribution is 2.28. The summed E-state index contributed by atoms with van der Waals surface area (Å²) < 4.78 is 0. The van der Waals surface area contributed by atoms with Gasteiger partial charge < -0.3 is 5.73 Å². The van der Waals surface area contributed by atoms with Crippen molar-refractivity contribution in [2.24, 2.45) is 0 Å². The Bertz CT molecular complexity index is 492. The highest BCUT2D eigenvalue weighted by Gasteiger charge is 2.04. The number of nitrogen functional groups attached to an aromatic ring is 1. The van der Waals surface area contributed by atoms with E-state index in [9.17, 15) is 0 Å². The number of aryl methyl sites for hydroxylation is 2. The van der Waals surface area contributed by atoms with Crippen molar-refractivity contribution in [3.63, 3.8) is 0 Å². The van der Waals surface area contributed by atoms with Crippen LogP contribution in [-0.4, -0.2) is 0 Å². The fourth-order valence-electron chi connectivity index (χ4n) is 1.86. The van der Waals surface area contributed by atoms with Crippen molar-refractivity contribution in [3.8, 4) is 11.1 Å². The number of benzene rings is 2. The maximum atomic E-state index is 5.96. The van der Waals surface area contributed by atoms with E-state index >= 15 is 0 Å². The maximum absolute atomic E-state index is 5.96. The minimum Gasteiger partial charge on any atom is -0.398 e. The number of para-hydroxylation sites is 1. The van der Waals surface area contributed by atoms with E-state index in [1.54, 1.807) is 0 Å². The molecule has 0 spiro atoms. The largest absolute Gasteiger partial charge is 0.398 e. The Balaban J connectivity index is 0.00000128. The summed E-state index contributed by atoms with van der Waals surface area (Å²) in [4.78, 5) is 0. The Morgan fingerprint density at radius 3 is 2.19 bits per heavy atom. The van der Waals surface area contributed by atoms with Crippen molar-refractivity contribution < 1.29 is 0 Å². The summed E-state index contributed by atoms with van der Waals surface area (Å²) in [6.07, 6.45) is 0. The third-order valence-corrected chi connectivity index (χ3v) is 2.63. The van der Waals surface area contributed by atoms with E-state index in [4.69, 9.17) is 5.73 Å². The van der Waals surface area contributed by atoms with Crippen LogP contribution in [0.3, 0.4) is 0 Å². The minimum absolute atomic E-state index is 0. The van der Waals surface area contributed by atoms with Gasteiger partial charge in [-0.1, -0.05) is 42.0 Å². The molecule has 0 radical (unpaired) electrons. The molecule has 0 aliphatic carbocycles. The van der Waals surface area contributed by atoms with E-state index in [1.807, 2.05) is 18.2 Å². The molecule has 2 heteroatoms. The number of rotatable bonds is 1. The molecule has 0 heterocycles. The molecule has 0 amide bonds. The van der Waals surface area contributed by atoms with Gasteiger partial charge in [0.05, 0.1) is 0 Å². The van der Waals surface area contributed by atoms with Crippen molar-refractivity contribution in [1.82, 2.24) is 0 Å². The Kier molecular flexibility index (Phi) is 3.97. The first-order valence-corrected chi connectivity index (χ1v) is 5.10. The maximum Gasteiger partial charge on any atom is 0.0393 e. The van der Waals surface area contributed by atoms with Crippen LogP contribution in [-0.2, 0) is 0 Å². The van der Waals surface area contributed by atoms with Crippen LogP contribution in [0.15, 0.2) is 42.5 Å². The van der Waals surface area contributed by atoms with E-state index in [2.05, 4.69) is 38.1 Å². The Labute approximate surface area is 103 Å². The second-order valence-corrected chi connectivity index (χ2v) is 3.91. The minimum atomic E-state index is 0. The van der Waals surface area contributed by atoms with Gasteiger partial charge in [0.25, 0.3) is 0 Å². The molecule has 0 bridgehead atoms. The van der Waals surface area contributed by atoms with Crippen LogP contribution in [0.4, 0.5) is 5.69 Å². The molecule has 0 atom stereocenters. The fourth-order valence-corrected chi connectivity index (χ4v) is 1.86. The molecule has 0 saturated carbocycles. The Hall–Kier alpha value is -1.47. The molecular weight excluding hydrogens is 218 g/mol. The normalized spacial score (nSPS) is 9.62. The second-order valence-electron chi connectivity index (χ2n) is 3.91. The van der Waals surface area contributed by atoms with Gasteiger partial charge in [-0.2, -0.15) is 0 Å². The van der Waals surface area contributed by atoms with Crippen LogP contribution in [0.5, 0.6) is 0 Å². The molecule has 0 fully saturated rings. The van der Waals surface area contributed by atoms with E-state index < -0.39 is 0 Å². The molecule has 0 saturated heterocycles. The van der Waals surface area contributed by atoms with Crippen molar-refractivity contribution >= 4 is 18.1 Å². The van der Waals surface area contributed by atoms with Gasteiger partial charge >= 0.3 is 0 Å². The summed E-state index contributed by atoms with van der Waals surface area (Å²) in [6, 6.07) is 14.4. The molecule has 0 aliphatic rings. The zero-order valence-corrected chi connectivity index (χ0v) is 10.3. The highest BCUT2D eigenvalue weighted by atomic mass is 35.5. The number of anilines is 1. The summed E-state index contributed by atoms with van der Waals surface area (Å²) in [6.45, 7) is 4.22. The number of hydrogen-bond acceptors (Lipinski definition) is 1. The third kappa shape index (κ3) is 2.37. The highest BCUT2D eigenvalue weighted by molar-refractivity contribution is 5.85. The number of halogens is 1. The summed E-state index contributed by atoms with van der Waals surface area (Å²) in [7, 11) is 0. The molecule has 1 nitrogen and oxygen atoms in total. The standard InChI is InChI=1S/C14H15N.ClH/c1-10-7-8-12(11(2)9-10)13-5-3-4-6-14(13)15;/h3-9H,15H2,1-2H3;1H. The zero-order chi connectivity index (χ0) is 10.8. The lowest BCUT2D eigenvalue weighted by molar-refractivity contribution is 1.38. The van der Waals surface area contributed by atoms with Gasteiger partial charge in [-0.05, 0) is 31.0 Å². The van der Waals surface area contributed by atoms with Gasteiger partial charge in [0.1, 0.15) is 0 Å². The van der Waals surface area contributed by atoms with Gasteiger partial charge in [-0.25, -0.2) is 0 Å². The predicted octanol–water partition coefficient (Wildman–Crippen LogP) is 3.97.